The maximum atomic E-state index is 12.6. The first-order chi connectivity index (χ1) is 14.1. The SMILES string of the molecule is NC(=O)c1cccnc1N1CCC2(CC1)CC(=O)N(CCCc1ccccc1)C2. The minimum atomic E-state index is -0.450. The van der Waals surface area contributed by atoms with Gasteiger partial charge in [-0.2, -0.15) is 0 Å². The molecule has 2 fully saturated rings. The summed E-state index contributed by atoms with van der Waals surface area (Å²) in [6, 6.07) is 13.9. The highest BCUT2D eigenvalue weighted by Crippen LogP contribution is 2.42. The average Bonchev–Trinajstić information content (AvgIpc) is 3.04. The number of nitrogens with two attached hydrogens (primary N) is 1. The second kappa shape index (κ2) is 8.23. The molecule has 2 aliphatic heterocycles. The molecule has 2 amide bonds. The number of amides is 2. The van der Waals surface area contributed by atoms with Crippen LogP contribution in [0.15, 0.2) is 48.7 Å². The first-order valence-corrected chi connectivity index (χ1v) is 10.4. The van der Waals surface area contributed by atoms with E-state index in [2.05, 4.69) is 34.1 Å². The van der Waals surface area contributed by atoms with E-state index in [-0.39, 0.29) is 11.3 Å². The van der Waals surface area contributed by atoms with Gasteiger partial charge >= 0.3 is 0 Å². The highest BCUT2D eigenvalue weighted by atomic mass is 16.2. The lowest BCUT2D eigenvalue weighted by Crippen LogP contribution is -2.42. The summed E-state index contributed by atoms with van der Waals surface area (Å²) in [6.07, 6.45) is 6.19. The summed E-state index contributed by atoms with van der Waals surface area (Å²) in [6.45, 7) is 3.26. The summed E-state index contributed by atoms with van der Waals surface area (Å²) in [5.74, 6) is 0.495. The third-order valence-corrected chi connectivity index (χ3v) is 6.32. The molecule has 0 radical (unpaired) electrons. The predicted molar refractivity (Wildman–Crippen MR) is 113 cm³/mol. The number of carbonyl (C=O) groups is 2. The van der Waals surface area contributed by atoms with E-state index in [1.54, 1.807) is 18.3 Å². The van der Waals surface area contributed by atoms with Crippen molar-refractivity contribution < 1.29 is 9.59 Å². The molecule has 1 aromatic carbocycles. The van der Waals surface area contributed by atoms with Gasteiger partial charge in [-0.25, -0.2) is 4.98 Å². The second-order valence-corrected chi connectivity index (χ2v) is 8.31. The van der Waals surface area contributed by atoms with Crippen molar-refractivity contribution in [3.63, 3.8) is 0 Å². The Balaban J connectivity index is 1.33. The van der Waals surface area contributed by atoms with E-state index in [1.807, 2.05) is 11.0 Å². The zero-order valence-corrected chi connectivity index (χ0v) is 16.7. The van der Waals surface area contributed by atoms with Gasteiger partial charge in [0.05, 0.1) is 5.56 Å². The highest BCUT2D eigenvalue weighted by Gasteiger charge is 2.44. The van der Waals surface area contributed by atoms with Crippen molar-refractivity contribution in [1.29, 1.82) is 0 Å². The van der Waals surface area contributed by atoms with Crippen LogP contribution in [-0.4, -0.2) is 47.9 Å². The minimum Gasteiger partial charge on any atom is -0.365 e. The first kappa shape index (κ1) is 19.4. The van der Waals surface area contributed by atoms with Gasteiger partial charge in [0.1, 0.15) is 5.82 Å². The van der Waals surface area contributed by atoms with E-state index in [4.69, 9.17) is 5.73 Å². The Kier molecular flexibility index (Phi) is 5.51. The maximum absolute atomic E-state index is 12.6. The van der Waals surface area contributed by atoms with Crippen molar-refractivity contribution >= 4 is 17.6 Å². The number of likely N-dealkylation sites (tertiary alicyclic amines) is 1. The maximum Gasteiger partial charge on any atom is 0.252 e. The van der Waals surface area contributed by atoms with Crippen molar-refractivity contribution in [2.75, 3.05) is 31.1 Å². The number of anilines is 1. The number of aryl methyl sites for hydroxylation is 1. The van der Waals surface area contributed by atoms with Gasteiger partial charge in [0.25, 0.3) is 5.91 Å². The number of hydrogen-bond acceptors (Lipinski definition) is 4. The highest BCUT2D eigenvalue weighted by molar-refractivity contribution is 5.97. The smallest absolute Gasteiger partial charge is 0.252 e. The van der Waals surface area contributed by atoms with Crippen molar-refractivity contribution in [2.45, 2.75) is 32.1 Å². The Morgan fingerprint density at radius 1 is 1.10 bits per heavy atom. The van der Waals surface area contributed by atoms with Crippen molar-refractivity contribution in [2.24, 2.45) is 11.1 Å². The van der Waals surface area contributed by atoms with Gasteiger partial charge in [0.15, 0.2) is 0 Å². The van der Waals surface area contributed by atoms with Gasteiger partial charge in [-0.05, 0) is 43.4 Å². The van der Waals surface area contributed by atoms with Gasteiger partial charge in [0.2, 0.25) is 5.91 Å². The van der Waals surface area contributed by atoms with Crippen LogP contribution in [0.5, 0.6) is 0 Å². The second-order valence-electron chi connectivity index (χ2n) is 8.31. The van der Waals surface area contributed by atoms with Gasteiger partial charge < -0.3 is 15.5 Å². The van der Waals surface area contributed by atoms with Gasteiger partial charge in [-0.15, -0.1) is 0 Å². The largest absolute Gasteiger partial charge is 0.365 e. The molecule has 3 heterocycles. The molecular weight excluding hydrogens is 364 g/mol. The average molecular weight is 393 g/mol. The van der Waals surface area contributed by atoms with Crippen molar-refractivity contribution in [3.05, 3.63) is 59.8 Å². The van der Waals surface area contributed by atoms with Crippen molar-refractivity contribution in [3.8, 4) is 0 Å². The van der Waals surface area contributed by atoms with Crippen LogP contribution < -0.4 is 10.6 Å². The first-order valence-electron chi connectivity index (χ1n) is 10.4. The van der Waals surface area contributed by atoms with Gasteiger partial charge in [-0.1, -0.05) is 30.3 Å². The molecule has 6 heteroatoms. The molecule has 0 aliphatic carbocycles. The summed E-state index contributed by atoms with van der Waals surface area (Å²) in [5, 5.41) is 0. The van der Waals surface area contributed by atoms with Crippen LogP contribution in [0.3, 0.4) is 0 Å². The Bertz CT molecular complexity index is 875. The number of hydrogen-bond donors (Lipinski definition) is 1. The molecule has 2 N–H and O–H groups in total. The number of benzene rings is 1. The zero-order chi connectivity index (χ0) is 20.3. The third kappa shape index (κ3) is 4.26. The molecule has 1 spiro atoms. The lowest BCUT2D eigenvalue weighted by molar-refractivity contribution is -0.127. The van der Waals surface area contributed by atoms with E-state index in [9.17, 15) is 9.59 Å². The van der Waals surface area contributed by atoms with E-state index in [1.165, 1.54) is 5.56 Å². The summed E-state index contributed by atoms with van der Waals surface area (Å²) in [4.78, 5) is 32.9. The van der Waals surface area contributed by atoms with Crippen LogP contribution in [0, 0.1) is 5.41 Å². The third-order valence-electron chi connectivity index (χ3n) is 6.32. The number of piperidine rings is 1. The number of carbonyl (C=O) groups excluding carboxylic acids is 2. The fourth-order valence-corrected chi connectivity index (χ4v) is 4.67. The number of primary amides is 1. The van der Waals surface area contributed by atoms with Crippen LogP contribution in [0.4, 0.5) is 5.82 Å². The Hall–Kier alpha value is -2.89. The summed E-state index contributed by atoms with van der Waals surface area (Å²) in [5.41, 5.74) is 7.35. The van der Waals surface area contributed by atoms with Gasteiger partial charge in [0, 0.05) is 44.2 Å². The van der Waals surface area contributed by atoms with E-state index >= 15 is 0 Å². The molecule has 0 atom stereocenters. The number of aromatic nitrogens is 1. The molecule has 0 saturated carbocycles. The quantitative estimate of drug-likeness (QED) is 0.820. The fraction of sp³-hybridized carbons (Fsp3) is 0.435. The predicted octanol–water partition coefficient (Wildman–Crippen LogP) is 2.63. The summed E-state index contributed by atoms with van der Waals surface area (Å²) in [7, 11) is 0. The Labute approximate surface area is 171 Å². The number of pyridine rings is 1. The topological polar surface area (TPSA) is 79.5 Å². The molecule has 0 bridgehead atoms. The molecule has 2 saturated heterocycles. The van der Waals surface area contributed by atoms with E-state index < -0.39 is 5.91 Å². The zero-order valence-electron chi connectivity index (χ0n) is 16.7. The lowest BCUT2D eigenvalue weighted by atomic mass is 9.77. The number of rotatable bonds is 6. The molecule has 4 rings (SSSR count). The Morgan fingerprint density at radius 3 is 2.59 bits per heavy atom. The van der Waals surface area contributed by atoms with Crippen LogP contribution >= 0.6 is 0 Å². The van der Waals surface area contributed by atoms with E-state index in [0.717, 1.165) is 51.9 Å². The van der Waals surface area contributed by atoms with Crippen molar-refractivity contribution in [1.82, 2.24) is 9.88 Å². The molecule has 2 aromatic rings. The molecule has 0 unspecified atom stereocenters. The minimum absolute atomic E-state index is 0.0575. The molecular formula is C23H28N4O2. The van der Waals surface area contributed by atoms with Crippen LogP contribution in [0.25, 0.3) is 0 Å². The molecule has 1 aromatic heterocycles. The van der Waals surface area contributed by atoms with Crippen LogP contribution in [0.2, 0.25) is 0 Å². The van der Waals surface area contributed by atoms with Gasteiger partial charge in [-0.3, -0.25) is 9.59 Å². The summed E-state index contributed by atoms with van der Waals surface area (Å²) < 4.78 is 0. The lowest BCUT2D eigenvalue weighted by Gasteiger charge is -2.39. The Morgan fingerprint density at radius 2 is 1.86 bits per heavy atom. The normalized spacial score (nSPS) is 18.4. The molecule has 6 nitrogen and oxygen atoms in total. The monoisotopic (exact) mass is 392 g/mol. The standard InChI is InChI=1S/C23H28N4O2/c24-21(29)19-9-4-12-25-22(19)26-14-10-23(11-15-26)16-20(28)27(17-23)13-5-8-18-6-2-1-3-7-18/h1-4,6-7,9,12H,5,8,10-11,13-17H2,(H2,24,29). The fourth-order valence-electron chi connectivity index (χ4n) is 4.67. The molecule has 152 valence electrons. The summed E-state index contributed by atoms with van der Waals surface area (Å²) >= 11 is 0. The molecule has 2 aliphatic rings. The van der Waals surface area contributed by atoms with E-state index in [0.29, 0.717) is 17.8 Å². The van der Waals surface area contributed by atoms with Crippen LogP contribution in [-0.2, 0) is 11.2 Å². The number of nitrogens with zero attached hydrogens (tertiary/aromatic N) is 3. The molecule has 29 heavy (non-hydrogen) atoms. The van der Waals surface area contributed by atoms with Crippen LogP contribution in [0.1, 0.15) is 41.6 Å².